The summed E-state index contributed by atoms with van der Waals surface area (Å²) in [6.07, 6.45) is 0. The molecule has 4 heteroatoms. The van der Waals surface area contributed by atoms with Gasteiger partial charge in [-0.25, -0.2) is 0 Å². The minimum Gasteiger partial charge on any atom is -0.353 e. The van der Waals surface area contributed by atoms with E-state index in [1.54, 1.807) is 12.1 Å². The predicted octanol–water partition coefficient (Wildman–Crippen LogP) is 1.95. The normalized spacial score (nSPS) is 10.5. The molecule has 0 aliphatic rings. The predicted molar refractivity (Wildman–Crippen MR) is 41.5 cm³/mol. The molecule has 0 amide bonds. The molecule has 0 N–H and O–H groups in total. The molecule has 4 nitrogen and oxygen atoms in total. The van der Waals surface area contributed by atoms with Crippen LogP contribution in [-0.4, -0.2) is 10.3 Å². The van der Waals surface area contributed by atoms with E-state index in [-0.39, 0.29) is 0 Å². The Morgan fingerprint density at radius 3 is 1.58 bits per heavy atom. The molecule has 0 saturated heterocycles. The Hall–Kier alpha value is -1.58. The summed E-state index contributed by atoms with van der Waals surface area (Å²) < 4.78 is 9.96. The first kappa shape index (κ1) is 7.09. The Morgan fingerprint density at radius 1 is 0.917 bits per heavy atom. The van der Waals surface area contributed by atoms with Crippen molar-refractivity contribution in [2.24, 2.45) is 0 Å². The van der Waals surface area contributed by atoms with Crippen molar-refractivity contribution in [3.63, 3.8) is 0 Å². The Balaban J connectivity index is 2.43. The molecule has 0 aromatic carbocycles. The smallest absolute Gasteiger partial charge is 0.205 e. The Morgan fingerprint density at radius 2 is 1.33 bits per heavy atom. The van der Waals surface area contributed by atoms with Crippen LogP contribution < -0.4 is 0 Å². The number of rotatable bonds is 1. The molecule has 0 fully saturated rings. The van der Waals surface area contributed by atoms with Crippen LogP contribution in [0.3, 0.4) is 0 Å². The number of hydrogen-bond acceptors (Lipinski definition) is 4. The highest BCUT2D eigenvalue weighted by molar-refractivity contribution is 5.49. The molecule has 0 spiro atoms. The van der Waals surface area contributed by atoms with Crippen LogP contribution in [0.25, 0.3) is 11.5 Å². The van der Waals surface area contributed by atoms with Crippen LogP contribution in [0.15, 0.2) is 21.2 Å². The lowest BCUT2D eigenvalue weighted by Gasteiger charge is -1.80. The molecule has 2 aromatic rings. The van der Waals surface area contributed by atoms with Gasteiger partial charge >= 0.3 is 0 Å². The first-order valence-electron chi connectivity index (χ1n) is 3.63. The topological polar surface area (TPSA) is 52.1 Å². The standard InChI is InChI=1S/C8H8N2O2/c1-5-3-7(11-9-5)8-4-6(2)10-12-8/h3-4H,1-2H3. The van der Waals surface area contributed by atoms with E-state index in [9.17, 15) is 0 Å². The van der Waals surface area contributed by atoms with E-state index in [0.717, 1.165) is 11.4 Å². The van der Waals surface area contributed by atoms with Crippen molar-refractivity contribution in [2.75, 3.05) is 0 Å². The summed E-state index contributed by atoms with van der Waals surface area (Å²) in [5.74, 6) is 1.24. The Labute approximate surface area is 69.1 Å². The third-order valence-electron chi connectivity index (χ3n) is 1.50. The molecule has 0 atom stereocenters. The highest BCUT2D eigenvalue weighted by Gasteiger charge is 2.08. The largest absolute Gasteiger partial charge is 0.353 e. The minimum atomic E-state index is 0.619. The Kier molecular flexibility index (Phi) is 1.46. The lowest BCUT2D eigenvalue weighted by atomic mass is 10.3. The van der Waals surface area contributed by atoms with Crippen LogP contribution in [0.2, 0.25) is 0 Å². The quantitative estimate of drug-likeness (QED) is 0.646. The first-order chi connectivity index (χ1) is 5.75. The summed E-state index contributed by atoms with van der Waals surface area (Å²) in [6, 6.07) is 3.61. The molecule has 12 heavy (non-hydrogen) atoms. The second-order valence-corrected chi connectivity index (χ2v) is 2.67. The molecule has 0 saturated carbocycles. The molecule has 0 unspecified atom stereocenters. The molecule has 2 aromatic heterocycles. The summed E-state index contributed by atoms with van der Waals surface area (Å²) in [5.41, 5.74) is 1.66. The number of hydrogen-bond donors (Lipinski definition) is 0. The van der Waals surface area contributed by atoms with Gasteiger partial charge in [0.2, 0.25) is 11.5 Å². The number of aromatic nitrogens is 2. The van der Waals surface area contributed by atoms with Crippen LogP contribution in [0.5, 0.6) is 0 Å². The lowest BCUT2D eigenvalue weighted by Crippen LogP contribution is -1.64. The van der Waals surface area contributed by atoms with Gasteiger partial charge in [0.05, 0.1) is 11.4 Å². The van der Waals surface area contributed by atoms with E-state index < -0.39 is 0 Å². The van der Waals surface area contributed by atoms with E-state index in [4.69, 9.17) is 9.05 Å². The minimum absolute atomic E-state index is 0.619. The van der Waals surface area contributed by atoms with Crippen LogP contribution in [0.4, 0.5) is 0 Å². The van der Waals surface area contributed by atoms with Gasteiger partial charge in [0, 0.05) is 12.1 Å². The molecule has 0 aliphatic carbocycles. The maximum Gasteiger partial charge on any atom is 0.205 e. The second-order valence-electron chi connectivity index (χ2n) is 2.67. The van der Waals surface area contributed by atoms with Gasteiger partial charge in [-0.05, 0) is 13.8 Å². The molecule has 0 bridgehead atoms. The maximum atomic E-state index is 4.98. The van der Waals surface area contributed by atoms with Crippen LogP contribution in [-0.2, 0) is 0 Å². The van der Waals surface area contributed by atoms with Gasteiger partial charge in [-0.1, -0.05) is 10.3 Å². The average Bonchev–Trinajstić information content (AvgIpc) is 2.58. The highest BCUT2D eigenvalue weighted by Crippen LogP contribution is 2.20. The fraction of sp³-hybridized carbons (Fsp3) is 0.250. The van der Waals surface area contributed by atoms with Gasteiger partial charge in [-0.2, -0.15) is 0 Å². The van der Waals surface area contributed by atoms with E-state index >= 15 is 0 Å². The summed E-state index contributed by atoms with van der Waals surface area (Å²) >= 11 is 0. The summed E-state index contributed by atoms with van der Waals surface area (Å²) in [4.78, 5) is 0. The van der Waals surface area contributed by atoms with Gasteiger partial charge in [0.15, 0.2) is 0 Å². The Bertz CT molecular complexity index is 351. The average molecular weight is 164 g/mol. The molecule has 0 radical (unpaired) electrons. The van der Waals surface area contributed by atoms with Gasteiger partial charge < -0.3 is 9.05 Å². The molecule has 2 rings (SSSR count). The van der Waals surface area contributed by atoms with Gasteiger partial charge in [0.1, 0.15) is 0 Å². The summed E-state index contributed by atoms with van der Waals surface area (Å²) in [6.45, 7) is 3.71. The van der Waals surface area contributed by atoms with E-state index in [0.29, 0.717) is 11.5 Å². The van der Waals surface area contributed by atoms with Crippen LogP contribution >= 0.6 is 0 Å². The molecule has 2 heterocycles. The van der Waals surface area contributed by atoms with Crippen molar-refractivity contribution in [2.45, 2.75) is 13.8 Å². The van der Waals surface area contributed by atoms with Crippen molar-refractivity contribution in [3.8, 4) is 11.5 Å². The van der Waals surface area contributed by atoms with Crippen molar-refractivity contribution < 1.29 is 9.05 Å². The zero-order chi connectivity index (χ0) is 8.55. The zero-order valence-corrected chi connectivity index (χ0v) is 6.87. The van der Waals surface area contributed by atoms with Crippen LogP contribution in [0, 0.1) is 13.8 Å². The highest BCUT2D eigenvalue weighted by atomic mass is 16.5. The number of nitrogens with zero attached hydrogens (tertiary/aromatic N) is 2. The monoisotopic (exact) mass is 164 g/mol. The lowest BCUT2D eigenvalue weighted by molar-refractivity contribution is 0.383. The van der Waals surface area contributed by atoms with Gasteiger partial charge in [0.25, 0.3) is 0 Å². The molecule has 62 valence electrons. The molecule has 0 aliphatic heterocycles. The third-order valence-corrected chi connectivity index (χ3v) is 1.50. The van der Waals surface area contributed by atoms with Crippen molar-refractivity contribution >= 4 is 0 Å². The second kappa shape index (κ2) is 2.48. The third kappa shape index (κ3) is 1.11. The van der Waals surface area contributed by atoms with E-state index in [2.05, 4.69) is 10.3 Å². The maximum absolute atomic E-state index is 4.98. The van der Waals surface area contributed by atoms with Crippen molar-refractivity contribution in [3.05, 3.63) is 23.5 Å². The molecular weight excluding hydrogens is 156 g/mol. The van der Waals surface area contributed by atoms with Gasteiger partial charge in [-0.3, -0.25) is 0 Å². The first-order valence-corrected chi connectivity index (χ1v) is 3.63. The van der Waals surface area contributed by atoms with Crippen molar-refractivity contribution in [1.29, 1.82) is 0 Å². The SMILES string of the molecule is Cc1cc(-c2cc(C)no2)on1. The van der Waals surface area contributed by atoms with Crippen LogP contribution in [0.1, 0.15) is 11.4 Å². The fourth-order valence-corrected chi connectivity index (χ4v) is 0.959. The summed E-state index contributed by atoms with van der Waals surface area (Å²) in [5, 5.41) is 7.48. The van der Waals surface area contributed by atoms with Gasteiger partial charge in [-0.15, -0.1) is 0 Å². The fourth-order valence-electron chi connectivity index (χ4n) is 0.959. The van der Waals surface area contributed by atoms with E-state index in [1.807, 2.05) is 13.8 Å². The number of aryl methyl sites for hydroxylation is 2. The molecular formula is C8H8N2O2. The van der Waals surface area contributed by atoms with E-state index in [1.165, 1.54) is 0 Å². The summed E-state index contributed by atoms with van der Waals surface area (Å²) in [7, 11) is 0. The zero-order valence-electron chi connectivity index (χ0n) is 6.87. The van der Waals surface area contributed by atoms with Crippen molar-refractivity contribution in [1.82, 2.24) is 10.3 Å².